The molecular weight excluding hydrogens is 284 g/mol. The van der Waals surface area contributed by atoms with Crippen molar-refractivity contribution in [3.05, 3.63) is 0 Å². The van der Waals surface area contributed by atoms with Gasteiger partial charge in [0.2, 0.25) is 0 Å². The van der Waals surface area contributed by atoms with E-state index in [1.165, 1.54) is 122 Å². The Labute approximate surface area is 147 Å². The first-order chi connectivity index (χ1) is 10.9. The molecule has 0 aliphatic carbocycles. The SMILES string of the molecule is CCCCCCCCCCCCCCCCCCCCC[S]. The van der Waals surface area contributed by atoms with E-state index >= 15 is 0 Å². The minimum atomic E-state index is 0.957. The molecule has 0 spiro atoms. The molecule has 1 heteroatoms. The third kappa shape index (κ3) is 20.3. The minimum Gasteiger partial charge on any atom is -0.0942 e. The van der Waals surface area contributed by atoms with Crippen LogP contribution in [-0.2, 0) is 0 Å². The van der Waals surface area contributed by atoms with Crippen LogP contribution in [0.3, 0.4) is 0 Å². The molecule has 0 rings (SSSR count). The van der Waals surface area contributed by atoms with Gasteiger partial charge in [-0.25, -0.2) is 0 Å². The molecule has 0 aliphatic rings. The zero-order valence-electron chi connectivity index (χ0n) is 15.6. The van der Waals surface area contributed by atoms with Crippen molar-refractivity contribution in [3.8, 4) is 0 Å². The number of unbranched alkanes of at least 4 members (excludes halogenated alkanes) is 18. The van der Waals surface area contributed by atoms with E-state index in [1.807, 2.05) is 0 Å². The van der Waals surface area contributed by atoms with Gasteiger partial charge < -0.3 is 0 Å². The van der Waals surface area contributed by atoms with Gasteiger partial charge >= 0.3 is 0 Å². The Bertz CT molecular complexity index is 159. The van der Waals surface area contributed by atoms with Gasteiger partial charge in [-0.1, -0.05) is 135 Å². The van der Waals surface area contributed by atoms with Crippen LogP contribution in [0.5, 0.6) is 0 Å². The second kappa shape index (κ2) is 21.4. The van der Waals surface area contributed by atoms with Crippen LogP contribution in [0, 0.1) is 0 Å². The van der Waals surface area contributed by atoms with Crippen molar-refractivity contribution in [2.24, 2.45) is 0 Å². The zero-order chi connectivity index (χ0) is 16.1. The minimum absolute atomic E-state index is 0.957. The van der Waals surface area contributed by atoms with Crippen molar-refractivity contribution in [2.45, 2.75) is 129 Å². The van der Waals surface area contributed by atoms with E-state index in [0.29, 0.717) is 0 Å². The third-order valence-electron chi connectivity index (χ3n) is 4.75. The molecule has 0 saturated heterocycles. The number of hydrogen-bond acceptors (Lipinski definition) is 0. The summed E-state index contributed by atoms with van der Waals surface area (Å²) in [6.07, 6.45) is 27.4. The first kappa shape index (κ1) is 22.4. The Balaban J connectivity index is 2.91. The maximum atomic E-state index is 4.97. The third-order valence-corrected chi connectivity index (χ3v) is 5.04. The molecule has 0 fully saturated rings. The molecule has 0 heterocycles. The fourth-order valence-corrected chi connectivity index (χ4v) is 3.38. The first-order valence-corrected chi connectivity index (χ1v) is 11.1. The predicted octanol–water partition coefficient (Wildman–Crippen LogP) is 8.62. The molecule has 133 valence electrons. The van der Waals surface area contributed by atoms with Gasteiger partial charge in [-0.05, 0) is 6.42 Å². The summed E-state index contributed by atoms with van der Waals surface area (Å²) in [4.78, 5) is 0. The lowest BCUT2D eigenvalue weighted by Gasteiger charge is -2.03. The van der Waals surface area contributed by atoms with Crippen molar-refractivity contribution in [3.63, 3.8) is 0 Å². The van der Waals surface area contributed by atoms with Crippen molar-refractivity contribution >= 4 is 12.6 Å². The zero-order valence-corrected chi connectivity index (χ0v) is 16.4. The van der Waals surface area contributed by atoms with Crippen LogP contribution in [-0.4, -0.2) is 5.75 Å². The second-order valence-corrected chi connectivity index (χ2v) is 7.48. The summed E-state index contributed by atoms with van der Waals surface area (Å²) in [5, 5.41) is 0. The van der Waals surface area contributed by atoms with Crippen LogP contribution in [0.2, 0.25) is 0 Å². The van der Waals surface area contributed by atoms with Crippen molar-refractivity contribution in [1.82, 2.24) is 0 Å². The quantitative estimate of drug-likeness (QED) is 0.208. The summed E-state index contributed by atoms with van der Waals surface area (Å²) < 4.78 is 0. The van der Waals surface area contributed by atoms with Gasteiger partial charge in [0.05, 0.1) is 0 Å². The number of hydrogen-bond donors (Lipinski definition) is 0. The maximum Gasteiger partial charge on any atom is 0.00369 e. The highest BCUT2D eigenvalue weighted by Gasteiger charge is 1.94. The van der Waals surface area contributed by atoms with Gasteiger partial charge in [-0.3, -0.25) is 0 Å². The molecule has 0 nitrogen and oxygen atoms in total. The lowest BCUT2D eigenvalue weighted by Crippen LogP contribution is -1.84. The summed E-state index contributed by atoms with van der Waals surface area (Å²) in [5.74, 6) is 0.957. The summed E-state index contributed by atoms with van der Waals surface area (Å²) in [5.41, 5.74) is 0. The fraction of sp³-hybridized carbons (Fsp3) is 1.00. The van der Waals surface area contributed by atoms with E-state index in [1.54, 1.807) is 0 Å². The van der Waals surface area contributed by atoms with E-state index in [4.69, 9.17) is 12.6 Å². The van der Waals surface area contributed by atoms with Crippen molar-refractivity contribution < 1.29 is 0 Å². The maximum absolute atomic E-state index is 4.97. The van der Waals surface area contributed by atoms with Crippen molar-refractivity contribution in [1.29, 1.82) is 0 Å². The topological polar surface area (TPSA) is 0 Å². The van der Waals surface area contributed by atoms with Gasteiger partial charge in [0, 0.05) is 5.75 Å². The van der Waals surface area contributed by atoms with Crippen LogP contribution in [0.4, 0.5) is 0 Å². The van der Waals surface area contributed by atoms with Crippen molar-refractivity contribution in [2.75, 3.05) is 5.75 Å². The van der Waals surface area contributed by atoms with E-state index in [0.717, 1.165) is 5.75 Å². The van der Waals surface area contributed by atoms with E-state index < -0.39 is 0 Å². The van der Waals surface area contributed by atoms with E-state index in [-0.39, 0.29) is 0 Å². The van der Waals surface area contributed by atoms with Gasteiger partial charge in [0.25, 0.3) is 0 Å². The molecule has 0 bridgehead atoms. The standard InChI is InChI=1S/C21H43S/c1-2-3-4-5-6-7-8-9-10-11-12-13-14-15-16-17-18-19-20-21-22/h2-21H2,1H3. The molecule has 0 aromatic heterocycles. The van der Waals surface area contributed by atoms with Crippen LogP contribution < -0.4 is 0 Å². The highest BCUT2D eigenvalue weighted by atomic mass is 32.1. The van der Waals surface area contributed by atoms with Crippen LogP contribution >= 0.6 is 12.6 Å². The summed E-state index contributed by atoms with van der Waals surface area (Å²) in [6.45, 7) is 2.30. The van der Waals surface area contributed by atoms with E-state index in [9.17, 15) is 0 Å². The Kier molecular flexibility index (Phi) is 21.7. The Hall–Kier alpha value is 0.350. The largest absolute Gasteiger partial charge is 0.0942 e. The fourth-order valence-electron chi connectivity index (χ4n) is 3.18. The first-order valence-electron chi connectivity index (χ1n) is 10.5. The van der Waals surface area contributed by atoms with Gasteiger partial charge in [-0.15, -0.1) is 0 Å². The average Bonchev–Trinajstić information content (AvgIpc) is 2.54. The Morgan fingerprint density at radius 3 is 0.818 bits per heavy atom. The average molecular weight is 328 g/mol. The monoisotopic (exact) mass is 327 g/mol. The molecule has 1 radical (unpaired) electrons. The molecule has 0 unspecified atom stereocenters. The summed E-state index contributed by atoms with van der Waals surface area (Å²) in [6, 6.07) is 0. The van der Waals surface area contributed by atoms with Gasteiger partial charge in [0.15, 0.2) is 0 Å². The molecule has 0 N–H and O–H groups in total. The molecule has 0 aromatic rings. The molecule has 22 heavy (non-hydrogen) atoms. The van der Waals surface area contributed by atoms with Gasteiger partial charge in [0.1, 0.15) is 0 Å². The molecule has 0 aromatic carbocycles. The number of rotatable bonds is 19. The summed E-state index contributed by atoms with van der Waals surface area (Å²) in [7, 11) is 0. The highest BCUT2D eigenvalue weighted by molar-refractivity contribution is 7.80. The predicted molar refractivity (Wildman–Crippen MR) is 106 cm³/mol. The van der Waals surface area contributed by atoms with Crippen LogP contribution in [0.1, 0.15) is 129 Å². The molecule has 0 atom stereocenters. The Morgan fingerprint density at radius 2 is 0.591 bits per heavy atom. The highest BCUT2D eigenvalue weighted by Crippen LogP contribution is 2.14. The van der Waals surface area contributed by atoms with Crippen LogP contribution in [0.25, 0.3) is 0 Å². The molecule has 0 aliphatic heterocycles. The van der Waals surface area contributed by atoms with Crippen LogP contribution in [0.15, 0.2) is 0 Å². The normalized spacial score (nSPS) is 11.2. The molecule has 0 saturated carbocycles. The lowest BCUT2D eigenvalue weighted by atomic mass is 10.0. The van der Waals surface area contributed by atoms with Gasteiger partial charge in [-0.2, -0.15) is 0 Å². The van der Waals surface area contributed by atoms with E-state index in [2.05, 4.69) is 6.92 Å². The Morgan fingerprint density at radius 1 is 0.364 bits per heavy atom. The molecule has 0 amide bonds. The summed E-state index contributed by atoms with van der Waals surface area (Å²) >= 11 is 4.97. The molecular formula is C21H43S. The smallest absolute Gasteiger partial charge is 0.00369 e. The lowest BCUT2D eigenvalue weighted by molar-refractivity contribution is 0.525. The second-order valence-electron chi connectivity index (χ2n) is 7.07.